The Hall–Kier alpha value is -3.09. The van der Waals surface area contributed by atoms with Crippen LogP contribution in [0.5, 0.6) is 0 Å². The van der Waals surface area contributed by atoms with E-state index in [-0.39, 0.29) is 0 Å². The fourth-order valence-electron chi connectivity index (χ4n) is 2.56. The Morgan fingerprint density at radius 3 is 1.90 bits per heavy atom. The van der Waals surface area contributed by atoms with Crippen molar-refractivity contribution in [3.63, 3.8) is 0 Å². The molecule has 1 aromatic carbocycles. The quantitative estimate of drug-likeness (QED) is 0.568. The van der Waals surface area contributed by atoms with Crippen molar-refractivity contribution < 1.29 is 46.1 Å². The molecule has 0 amide bonds. The van der Waals surface area contributed by atoms with Gasteiger partial charge in [0, 0.05) is 55.0 Å². The summed E-state index contributed by atoms with van der Waals surface area (Å²) < 4.78 is 63.5. The van der Waals surface area contributed by atoms with Gasteiger partial charge in [-0.3, -0.25) is 4.98 Å². The highest BCUT2D eigenvalue weighted by molar-refractivity contribution is 5.96. The van der Waals surface area contributed by atoms with Crippen molar-refractivity contribution in [2.45, 2.75) is 19.3 Å². The number of hydrogen-bond donors (Lipinski definition) is 3. The van der Waals surface area contributed by atoms with Crippen LogP contribution in [0.15, 0.2) is 30.6 Å². The van der Waals surface area contributed by atoms with Gasteiger partial charge < -0.3 is 20.4 Å². The van der Waals surface area contributed by atoms with E-state index < -0.39 is 24.3 Å². The number of fused-ring (bicyclic) bond motifs is 1. The second-order valence-corrected chi connectivity index (χ2v) is 6.17. The molecule has 1 fully saturated rings. The summed E-state index contributed by atoms with van der Waals surface area (Å²) in [6, 6.07) is 6.49. The summed E-state index contributed by atoms with van der Waals surface area (Å²) in [4.78, 5) is 24.5. The van der Waals surface area contributed by atoms with Gasteiger partial charge in [-0.15, -0.1) is 0 Å². The van der Waals surface area contributed by atoms with Crippen LogP contribution in [0.2, 0.25) is 0 Å². The molecule has 0 saturated carbocycles. The zero-order valence-electron chi connectivity index (χ0n) is 16.1. The molecule has 3 N–H and O–H groups in total. The molecule has 7 nitrogen and oxygen atoms in total. The van der Waals surface area contributed by atoms with Crippen LogP contribution in [0.1, 0.15) is 5.56 Å². The van der Waals surface area contributed by atoms with E-state index in [2.05, 4.69) is 40.3 Å². The molecule has 172 valence electrons. The van der Waals surface area contributed by atoms with E-state index in [1.165, 1.54) is 22.0 Å². The van der Waals surface area contributed by atoms with Crippen LogP contribution >= 0.6 is 0 Å². The van der Waals surface area contributed by atoms with Crippen LogP contribution in [0.3, 0.4) is 0 Å². The molecule has 0 aliphatic carbocycles. The Morgan fingerprint density at radius 1 is 0.968 bits per heavy atom. The predicted octanol–water partition coefficient (Wildman–Crippen LogP) is 3.22. The number of alkyl halides is 6. The third-order valence-electron chi connectivity index (χ3n) is 3.89. The van der Waals surface area contributed by atoms with Gasteiger partial charge in [-0.05, 0) is 18.6 Å². The molecule has 0 bridgehead atoms. The van der Waals surface area contributed by atoms with Gasteiger partial charge in [-0.1, -0.05) is 12.1 Å². The number of anilines is 1. The largest absolute Gasteiger partial charge is 0.490 e. The summed E-state index contributed by atoms with van der Waals surface area (Å²) in [7, 11) is 0. The fourth-order valence-corrected chi connectivity index (χ4v) is 2.56. The van der Waals surface area contributed by atoms with Crippen molar-refractivity contribution in [2.24, 2.45) is 0 Å². The maximum Gasteiger partial charge on any atom is 0.490 e. The number of carbonyl (C=O) groups is 2. The molecule has 1 aliphatic rings. The number of hydrogen-bond acceptors (Lipinski definition) is 5. The Kier molecular flexibility index (Phi) is 9.03. The summed E-state index contributed by atoms with van der Waals surface area (Å²) in [5, 5.41) is 20.2. The molecule has 31 heavy (non-hydrogen) atoms. The first-order valence-electron chi connectivity index (χ1n) is 8.64. The lowest BCUT2D eigenvalue weighted by Crippen LogP contribution is -2.43. The minimum atomic E-state index is -5.08. The molecule has 0 unspecified atom stereocenters. The third kappa shape index (κ3) is 8.28. The number of aromatic nitrogens is 1. The number of rotatable bonds is 1. The first kappa shape index (κ1) is 25.9. The maximum absolute atomic E-state index is 10.6. The first-order chi connectivity index (χ1) is 14.2. The Morgan fingerprint density at radius 2 is 1.45 bits per heavy atom. The second-order valence-electron chi connectivity index (χ2n) is 6.17. The van der Waals surface area contributed by atoms with Gasteiger partial charge >= 0.3 is 24.3 Å². The summed E-state index contributed by atoms with van der Waals surface area (Å²) in [5.41, 5.74) is 2.61. The van der Waals surface area contributed by atoms with E-state index in [0.29, 0.717) is 0 Å². The average Bonchev–Trinajstić information content (AvgIpc) is 2.68. The number of nitrogens with zero attached hydrogens (tertiary/aromatic N) is 2. The molecule has 2 heterocycles. The lowest BCUT2D eigenvalue weighted by Gasteiger charge is -2.30. The van der Waals surface area contributed by atoms with E-state index in [0.717, 1.165) is 26.2 Å². The topological polar surface area (TPSA) is 103 Å². The SMILES string of the molecule is Cc1cncc2cccc(N3CCNCC3)c12.O=C(O)C(F)(F)F.O=C(O)C(F)(F)F. The minimum absolute atomic E-state index is 1.07. The molecule has 0 atom stereocenters. The zero-order valence-corrected chi connectivity index (χ0v) is 16.1. The Balaban J connectivity index is 0.000000288. The van der Waals surface area contributed by atoms with Crippen LogP contribution in [0.4, 0.5) is 32.0 Å². The van der Waals surface area contributed by atoms with Gasteiger partial charge in [0.05, 0.1) is 0 Å². The lowest BCUT2D eigenvalue weighted by atomic mass is 10.1. The number of nitrogens with one attached hydrogen (secondary N) is 1. The van der Waals surface area contributed by atoms with E-state index in [9.17, 15) is 26.3 Å². The number of benzene rings is 1. The third-order valence-corrected chi connectivity index (χ3v) is 3.89. The molecule has 0 spiro atoms. The maximum atomic E-state index is 10.6. The summed E-state index contributed by atoms with van der Waals surface area (Å²) in [5.74, 6) is -5.51. The van der Waals surface area contributed by atoms with Crippen LogP contribution in [-0.4, -0.2) is 65.7 Å². The van der Waals surface area contributed by atoms with Gasteiger partial charge in [0.15, 0.2) is 0 Å². The molecule has 3 rings (SSSR count). The molecule has 1 aliphatic heterocycles. The van der Waals surface area contributed by atoms with Crippen LogP contribution < -0.4 is 10.2 Å². The van der Waals surface area contributed by atoms with E-state index in [1.54, 1.807) is 0 Å². The number of aliphatic carboxylic acids is 2. The fraction of sp³-hybridized carbons (Fsp3) is 0.389. The smallest absolute Gasteiger partial charge is 0.475 e. The first-order valence-corrected chi connectivity index (χ1v) is 8.64. The number of carboxylic acid groups (broad SMARTS) is 2. The normalized spacial score (nSPS) is 14.1. The summed E-state index contributed by atoms with van der Waals surface area (Å²) in [6.07, 6.45) is -6.26. The van der Waals surface area contributed by atoms with Crippen molar-refractivity contribution >= 4 is 28.4 Å². The molecule has 2 aromatic rings. The number of aryl methyl sites for hydroxylation is 1. The molecule has 1 saturated heterocycles. The van der Waals surface area contributed by atoms with Crippen LogP contribution in [-0.2, 0) is 9.59 Å². The van der Waals surface area contributed by atoms with Gasteiger partial charge in [-0.2, -0.15) is 26.3 Å². The highest BCUT2D eigenvalue weighted by Crippen LogP contribution is 2.29. The van der Waals surface area contributed by atoms with Crippen molar-refractivity contribution in [3.05, 3.63) is 36.2 Å². The highest BCUT2D eigenvalue weighted by Gasteiger charge is 2.38. The van der Waals surface area contributed by atoms with Gasteiger partial charge in [0.25, 0.3) is 0 Å². The van der Waals surface area contributed by atoms with Gasteiger partial charge in [0.2, 0.25) is 0 Å². The Labute approximate surface area is 172 Å². The second kappa shape index (κ2) is 10.8. The van der Waals surface area contributed by atoms with Crippen LogP contribution in [0, 0.1) is 6.92 Å². The number of pyridine rings is 1. The summed E-state index contributed by atoms with van der Waals surface area (Å²) in [6.45, 7) is 6.45. The van der Waals surface area contributed by atoms with Gasteiger partial charge in [0.1, 0.15) is 0 Å². The molecule has 13 heteroatoms. The average molecular weight is 455 g/mol. The van der Waals surface area contributed by atoms with E-state index >= 15 is 0 Å². The minimum Gasteiger partial charge on any atom is -0.475 e. The van der Waals surface area contributed by atoms with Crippen LogP contribution in [0.25, 0.3) is 10.8 Å². The molecular formula is C18H19F6N3O4. The number of piperazine rings is 1. The molecule has 1 aromatic heterocycles. The van der Waals surface area contributed by atoms with Crippen molar-refractivity contribution in [3.8, 4) is 0 Å². The number of halogens is 6. The number of carboxylic acids is 2. The predicted molar refractivity (Wildman–Crippen MR) is 98.9 cm³/mol. The van der Waals surface area contributed by atoms with E-state index in [4.69, 9.17) is 19.8 Å². The lowest BCUT2D eigenvalue weighted by molar-refractivity contribution is -0.193. The molecule has 0 radical (unpaired) electrons. The highest BCUT2D eigenvalue weighted by atomic mass is 19.4. The summed E-state index contributed by atoms with van der Waals surface area (Å²) >= 11 is 0. The standard InChI is InChI=1S/C14H17N3.2C2HF3O2/c1-11-9-16-10-12-3-2-4-13(14(11)12)17-7-5-15-6-8-17;2*3-2(4,5)1(6)7/h2-4,9-10,15H,5-8H2,1H3;2*(H,6,7). The van der Waals surface area contributed by atoms with Gasteiger partial charge in [-0.25, -0.2) is 9.59 Å². The van der Waals surface area contributed by atoms with Crippen molar-refractivity contribution in [1.82, 2.24) is 10.3 Å². The van der Waals surface area contributed by atoms with E-state index in [1.807, 2.05) is 12.4 Å². The molecular weight excluding hydrogens is 436 g/mol. The zero-order chi connectivity index (χ0) is 23.8. The van der Waals surface area contributed by atoms with Crippen molar-refractivity contribution in [1.29, 1.82) is 0 Å². The Bertz CT molecular complexity index is 867. The monoisotopic (exact) mass is 455 g/mol. The van der Waals surface area contributed by atoms with Crippen molar-refractivity contribution in [2.75, 3.05) is 31.1 Å².